The minimum absolute atomic E-state index is 0.0271. The molecular weight excluding hydrogens is 473 g/mol. The Bertz CT molecular complexity index is 1510. The van der Waals surface area contributed by atoms with Gasteiger partial charge >= 0.3 is 6.09 Å². The third kappa shape index (κ3) is 4.37. The summed E-state index contributed by atoms with van der Waals surface area (Å²) >= 11 is 5.78. The first kappa shape index (κ1) is 23.0. The minimum Gasteiger partial charge on any atom is -0.489 e. The quantitative estimate of drug-likeness (QED) is 0.426. The van der Waals surface area contributed by atoms with Crippen molar-refractivity contribution in [3.05, 3.63) is 92.7 Å². The highest BCUT2D eigenvalue weighted by Crippen LogP contribution is 2.31. The van der Waals surface area contributed by atoms with Crippen LogP contribution in [-0.2, 0) is 26.6 Å². The number of nitrogens with zero attached hydrogens (tertiary/aromatic N) is 3. The van der Waals surface area contributed by atoms with Crippen LogP contribution in [0.4, 0.5) is 9.18 Å². The summed E-state index contributed by atoms with van der Waals surface area (Å²) in [5.41, 5.74) is 3.81. The summed E-state index contributed by atoms with van der Waals surface area (Å²) in [4.78, 5) is 25.9. The van der Waals surface area contributed by atoms with Gasteiger partial charge in [-0.2, -0.15) is 0 Å². The normalized spacial score (nSPS) is 13.5. The van der Waals surface area contributed by atoms with Crippen LogP contribution >= 0.6 is 11.6 Å². The molecule has 0 spiro atoms. The monoisotopic (exact) mass is 495 g/mol. The zero-order valence-electron chi connectivity index (χ0n) is 19.0. The summed E-state index contributed by atoms with van der Waals surface area (Å²) in [6.45, 7) is 0.834. The molecule has 0 radical (unpaired) electrons. The lowest BCUT2D eigenvalue weighted by molar-refractivity contribution is 0.143. The van der Waals surface area contributed by atoms with E-state index in [-0.39, 0.29) is 12.2 Å². The molecule has 5 rings (SSSR count). The molecule has 0 saturated carbocycles. The van der Waals surface area contributed by atoms with Gasteiger partial charge in [-0.3, -0.25) is 9.36 Å². The number of aromatic nitrogens is 2. The number of fused-ring (bicyclic) bond motifs is 3. The van der Waals surface area contributed by atoms with E-state index in [9.17, 15) is 19.1 Å². The number of aryl methyl sites for hydroxylation is 1. The molecule has 0 bridgehead atoms. The third-order valence-electron chi connectivity index (χ3n) is 6.46. The van der Waals surface area contributed by atoms with E-state index < -0.39 is 11.9 Å². The van der Waals surface area contributed by atoms with Crippen molar-refractivity contribution in [3.63, 3.8) is 0 Å². The summed E-state index contributed by atoms with van der Waals surface area (Å²) in [5, 5.41) is 10.8. The third-order valence-corrected chi connectivity index (χ3v) is 6.70. The first-order valence-corrected chi connectivity index (χ1v) is 11.6. The van der Waals surface area contributed by atoms with Crippen molar-refractivity contribution < 1.29 is 19.0 Å². The van der Waals surface area contributed by atoms with Gasteiger partial charge in [0.15, 0.2) is 0 Å². The Morgan fingerprint density at radius 3 is 2.74 bits per heavy atom. The number of rotatable bonds is 4. The molecule has 0 aliphatic carbocycles. The van der Waals surface area contributed by atoms with Gasteiger partial charge in [-0.1, -0.05) is 23.7 Å². The fourth-order valence-electron chi connectivity index (χ4n) is 4.64. The van der Waals surface area contributed by atoms with Gasteiger partial charge in [-0.25, -0.2) is 9.18 Å². The number of halogens is 2. The number of hydrogen-bond donors (Lipinski definition) is 1. The van der Waals surface area contributed by atoms with E-state index in [0.717, 1.165) is 35.0 Å². The molecule has 4 aromatic rings. The molecule has 9 heteroatoms. The van der Waals surface area contributed by atoms with E-state index in [2.05, 4.69) is 4.57 Å². The van der Waals surface area contributed by atoms with Crippen LogP contribution in [0.3, 0.4) is 0 Å². The Balaban J connectivity index is 1.43. The van der Waals surface area contributed by atoms with Crippen LogP contribution in [0.15, 0.2) is 59.5 Å². The smallest absolute Gasteiger partial charge is 0.407 e. The number of carboxylic acid groups (broad SMARTS) is 1. The number of amides is 1. The lowest BCUT2D eigenvalue weighted by Crippen LogP contribution is -2.28. The van der Waals surface area contributed by atoms with Crippen molar-refractivity contribution in [1.82, 2.24) is 14.0 Å². The highest BCUT2D eigenvalue weighted by molar-refractivity contribution is 6.30. The van der Waals surface area contributed by atoms with Gasteiger partial charge < -0.3 is 19.3 Å². The zero-order chi connectivity index (χ0) is 24.7. The van der Waals surface area contributed by atoms with Crippen LogP contribution < -0.4 is 10.3 Å². The largest absolute Gasteiger partial charge is 0.489 e. The molecule has 3 heterocycles. The summed E-state index contributed by atoms with van der Waals surface area (Å²) in [7, 11) is 1.97. The van der Waals surface area contributed by atoms with Crippen molar-refractivity contribution in [2.75, 3.05) is 6.54 Å². The maximum Gasteiger partial charge on any atom is 0.407 e. The van der Waals surface area contributed by atoms with Crippen molar-refractivity contribution in [2.45, 2.75) is 26.0 Å². The van der Waals surface area contributed by atoms with Crippen LogP contribution in [0.25, 0.3) is 16.6 Å². The van der Waals surface area contributed by atoms with E-state index in [1.54, 1.807) is 24.4 Å². The second-order valence-corrected chi connectivity index (χ2v) is 9.02. The van der Waals surface area contributed by atoms with E-state index in [4.69, 9.17) is 16.3 Å². The van der Waals surface area contributed by atoms with E-state index >= 15 is 0 Å². The van der Waals surface area contributed by atoms with E-state index in [0.29, 0.717) is 35.1 Å². The van der Waals surface area contributed by atoms with Gasteiger partial charge in [0.25, 0.3) is 5.56 Å². The van der Waals surface area contributed by atoms with Gasteiger partial charge in [0, 0.05) is 53.1 Å². The molecule has 7 nitrogen and oxygen atoms in total. The number of benzene rings is 2. The second kappa shape index (κ2) is 9.11. The topological polar surface area (TPSA) is 76.7 Å². The highest BCUT2D eigenvalue weighted by Gasteiger charge is 2.23. The molecule has 2 aromatic carbocycles. The van der Waals surface area contributed by atoms with Gasteiger partial charge in [0.1, 0.15) is 18.2 Å². The number of pyridine rings is 1. The Morgan fingerprint density at radius 2 is 2.00 bits per heavy atom. The highest BCUT2D eigenvalue weighted by atomic mass is 35.5. The van der Waals surface area contributed by atoms with Gasteiger partial charge in [0.2, 0.25) is 0 Å². The van der Waals surface area contributed by atoms with Gasteiger partial charge in [-0.15, -0.1) is 0 Å². The number of carbonyl (C=O) groups is 1. The molecule has 1 aliphatic heterocycles. The van der Waals surface area contributed by atoms with Crippen LogP contribution in [0.1, 0.15) is 23.2 Å². The fraction of sp³-hybridized carbons (Fsp3) is 0.231. The Kier molecular flexibility index (Phi) is 5.98. The zero-order valence-corrected chi connectivity index (χ0v) is 19.8. The Morgan fingerprint density at radius 1 is 1.17 bits per heavy atom. The van der Waals surface area contributed by atoms with Crippen molar-refractivity contribution in [2.24, 2.45) is 7.05 Å². The Hall–Kier alpha value is -3.78. The first-order chi connectivity index (χ1) is 16.8. The summed E-state index contributed by atoms with van der Waals surface area (Å²) in [6, 6.07) is 13.1. The number of ether oxygens (including phenoxy) is 1. The molecule has 180 valence electrons. The maximum absolute atomic E-state index is 14.0. The van der Waals surface area contributed by atoms with E-state index in [1.807, 2.05) is 25.2 Å². The number of hydrogen-bond acceptors (Lipinski definition) is 3. The molecule has 35 heavy (non-hydrogen) atoms. The average Bonchev–Trinajstić information content (AvgIpc) is 2.97. The molecule has 1 N–H and O–H groups in total. The van der Waals surface area contributed by atoms with Crippen molar-refractivity contribution in [1.29, 1.82) is 0 Å². The first-order valence-electron chi connectivity index (χ1n) is 11.2. The van der Waals surface area contributed by atoms with Crippen LogP contribution in [-0.4, -0.2) is 31.8 Å². The summed E-state index contributed by atoms with van der Waals surface area (Å²) < 4.78 is 23.2. The van der Waals surface area contributed by atoms with Crippen LogP contribution in [0, 0.1) is 5.82 Å². The fourth-order valence-corrected chi connectivity index (χ4v) is 4.79. The molecule has 0 fully saturated rings. The van der Waals surface area contributed by atoms with Crippen LogP contribution in [0.5, 0.6) is 5.75 Å². The van der Waals surface area contributed by atoms with Crippen LogP contribution in [0.2, 0.25) is 5.02 Å². The van der Waals surface area contributed by atoms with Gasteiger partial charge in [0.05, 0.1) is 17.7 Å². The minimum atomic E-state index is -0.917. The predicted molar refractivity (Wildman–Crippen MR) is 131 cm³/mol. The lowest BCUT2D eigenvalue weighted by Gasteiger charge is -2.16. The average molecular weight is 496 g/mol. The summed E-state index contributed by atoms with van der Waals surface area (Å²) in [6.07, 6.45) is 2.26. The second-order valence-electron chi connectivity index (χ2n) is 8.59. The lowest BCUT2D eigenvalue weighted by atomic mass is 10.1. The van der Waals surface area contributed by atoms with Crippen molar-refractivity contribution in [3.8, 4) is 11.4 Å². The molecular formula is C26H23ClFN3O4. The SMILES string of the molecule is Cn1c2c(c3ccc(-n4ccc(OCc5ccc(Cl)cc5F)cc4=O)cc31)CN(C(=O)O)CCC2. The molecule has 1 aliphatic rings. The molecule has 0 atom stereocenters. The molecule has 0 saturated heterocycles. The van der Waals surface area contributed by atoms with E-state index in [1.165, 1.54) is 21.6 Å². The molecule has 0 unspecified atom stereocenters. The van der Waals surface area contributed by atoms with Crippen molar-refractivity contribution >= 4 is 28.6 Å². The predicted octanol–water partition coefficient (Wildman–Crippen LogP) is 5.13. The molecule has 2 aromatic heterocycles. The standard InChI is InChI=1S/C26H23ClFN3O4/c1-29-23-3-2-9-30(26(33)34)14-21(23)20-7-6-18(12-24(20)29)31-10-8-19(13-25(31)32)35-15-16-4-5-17(27)11-22(16)28/h4-8,10-13H,2-3,9,14-15H2,1H3,(H,33,34). The van der Waals surface area contributed by atoms with Gasteiger partial charge in [-0.05, 0) is 43.2 Å². The summed E-state index contributed by atoms with van der Waals surface area (Å²) in [5.74, 6) is -0.132. The maximum atomic E-state index is 14.0. The Labute approximate surface area is 205 Å². The molecule has 1 amide bonds.